The predicted octanol–water partition coefficient (Wildman–Crippen LogP) is 3.33. The van der Waals surface area contributed by atoms with Crippen molar-refractivity contribution in [3.63, 3.8) is 0 Å². The molecule has 0 unspecified atom stereocenters. The van der Waals surface area contributed by atoms with Gasteiger partial charge in [0.15, 0.2) is 0 Å². The Morgan fingerprint density at radius 3 is 2.19 bits per heavy atom. The number of nitrogens with one attached hydrogen (secondary N) is 1. The Hall–Kier alpha value is -2.85. The first-order chi connectivity index (χ1) is 12.7. The molecule has 0 spiro atoms. The second-order valence-electron chi connectivity index (χ2n) is 5.24. The van der Waals surface area contributed by atoms with Crippen LogP contribution in [0.3, 0.4) is 0 Å². The van der Waals surface area contributed by atoms with Crippen LogP contribution >= 0.6 is 11.8 Å². The fraction of sp³-hybridized carbons (Fsp3) is 0.118. The minimum atomic E-state index is -4.08. The summed E-state index contributed by atoms with van der Waals surface area (Å²) in [7, 11) is -4.08. The van der Waals surface area contributed by atoms with Crippen LogP contribution in [0.15, 0.2) is 51.2 Å². The number of sulfonamides is 1. The van der Waals surface area contributed by atoms with Gasteiger partial charge in [-0.15, -0.1) is 11.8 Å². The molecule has 2 aromatic rings. The Bertz CT molecular complexity index is 986. The fourth-order valence-corrected chi connectivity index (χ4v) is 4.15. The molecule has 27 heavy (non-hydrogen) atoms. The van der Waals surface area contributed by atoms with Crippen LogP contribution in [0.4, 0.5) is 11.4 Å². The Morgan fingerprint density at radius 2 is 1.70 bits per heavy atom. The van der Waals surface area contributed by atoms with Gasteiger partial charge in [0.05, 0.1) is 27.4 Å². The summed E-state index contributed by atoms with van der Waals surface area (Å²) < 4.78 is 27.5. The number of hydrogen-bond acceptors (Lipinski definition) is 6. The first kappa shape index (κ1) is 20.5. The van der Waals surface area contributed by atoms with Crippen LogP contribution in [0.2, 0.25) is 0 Å². The molecular weight excluding hydrogens is 392 g/mol. The molecule has 0 aliphatic heterocycles. The maximum absolute atomic E-state index is 12.7. The van der Waals surface area contributed by atoms with Crippen molar-refractivity contribution in [2.75, 3.05) is 10.5 Å². The van der Waals surface area contributed by atoms with Gasteiger partial charge in [-0.05, 0) is 48.9 Å². The molecule has 0 fully saturated rings. The summed E-state index contributed by atoms with van der Waals surface area (Å²) in [6.07, 6.45) is 0. The number of hydrogen-bond donors (Lipinski definition) is 3. The van der Waals surface area contributed by atoms with E-state index in [-0.39, 0.29) is 21.7 Å². The third kappa shape index (κ3) is 4.86. The Labute approximate surface area is 160 Å². The molecule has 0 heterocycles. The van der Waals surface area contributed by atoms with Gasteiger partial charge in [-0.25, -0.2) is 18.0 Å². The summed E-state index contributed by atoms with van der Waals surface area (Å²) in [6.45, 7) is 5.35. The third-order valence-corrected chi connectivity index (χ3v) is 5.70. The number of aromatic carboxylic acids is 2. The van der Waals surface area contributed by atoms with E-state index in [0.717, 1.165) is 18.2 Å². The number of anilines is 1. The number of carboxylic acids is 2. The largest absolute Gasteiger partial charge is 0.478 e. The number of carbonyl (C=O) groups is 2. The standard InChI is InChI=1S/C17H16N2O6S2/c1-3-26-15-9-13(4-5-14(15)18-2)27(24,25)19-12-7-10(16(20)21)6-11(8-12)17(22)23/h4-9,19H,2-3H2,1H3,(H,20,21)(H,22,23). The van der Waals surface area contributed by atoms with Crippen molar-refractivity contribution in [3.8, 4) is 0 Å². The molecule has 0 saturated heterocycles. The lowest BCUT2D eigenvalue weighted by molar-refractivity contribution is 0.0696. The normalized spacial score (nSPS) is 11.0. The van der Waals surface area contributed by atoms with Crippen molar-refractivity contribution in [1.82, 2.24) is 0 Å². The average molecular weight is 408 g/mol. The number of thioether (sulfide) groups is 1. The predicted molar refractivity (Wildman–Crippen MR) is 103 cm³/mol. The molecule has 0 saturated carbocycles. The zero-order valence-corrected chi connectivity index (χ0v) is 15.8. The first-order valence-corrected chi connectivity index (χ1v) is 10.0. The van der Waals surface area contributed by atoms with Gasteiger partial charge in [-0.1, -0.05) is 6.92 Å². The van der Waals surface area contributed by atoms with Crippen molar-refractivity contribution in [2.45, 2.75) is 16.7 Å². The van der Waals surface area contributed by atoms with Crippen molar-refractivity contribution < 1.29 is 28.2 Å². The number of nitrogens with zero attached hydrogens (tertiary/aromatic N) is 1. The van der Waals surface area contributed by atoms with E-state index in [1.54, 1.807) is 0 Å². The van der Waals surface area contributed by atoms with Crippen molar-refractivity contribution in [3.05, 3.63) is 47.5 Å². The van der Waals surface area contributed by atoms with E-state index in [0.29, 0.717) is 16.3 Å². The van der Waals surface area contributed by atoms with Crippen molar-refractivity contribution in [1.29, 1.82) is 0 Å². The molecular formula is C17H16N2O6S2. The number of aliphatic imine (C=N–C) groups is 1. The lowest BCUT2D eigenvalue weighted by Gasteiger charge is -2.12. The van der Waals surface area contributed by atoms with Crippen molar-refractivity contribution >= 4 is 51.8 Å². The zero-order chi connectivity index (χ0) is 20.2. The van der Waals surface area contributed by atoms with Gasteiger partial charge in [0.25, 0.3) is 10.0 Å². The summed E-state index contributed by atoms with van der Waals surface area (Å²) in [5, 5.41) is 18.2. The molecule has 2 rings (SSSR count). The Balaban J connectivity index is 2.47. The minimum Gasteiger partial charge on any atom is -0.478 e. The zero-order valence-electron chi connectivity index (χ0n) is 14.2. The van der Waals surface area contributed by atoms with Gasteiger partial charge < -0.3 is 10.2 Å². The molecule has 10 heteroatoms. The number of benzene rings is 2. The summed E-state index contributed by atoms with van der Waals surface area (Å²) in [5.41, 5.74) is -0.313. The van der Waals surface area contributed by atoms with E-state index in [1.165, 1.54) is 30.0 Å². The monoisotopic (exact) mass is 408 g/mol. The molecule has 0 aromatic heterocycles. The molecule has 0 aliphatic rings. The fourth-order valence-electron chi connectivity index (χ4n) is 2.21. The van der Waals surface area contributed by atoms with Crippen LogP contribution in [0, 0.1) is 0 Å². The average Bonchev–Trinajstić information content (AvgIpc) is 2.61. The second kappa shape index (κ2) is 8.23. The van der Waals surface area contributed by atoms with E-state index < -0.39 is 22.0 Å². The highest BCUT2D eigenvalue weighted by Gasteiger charge is 2.19. The van der Waals surface area contributed by atoms with E-state index in [9.17, 15) is 18.0 Å². The minimum absolute atomic E-state index is 0.0662. The lowest BCUT2D eigenvalue weighted by atomic mass is 10.1. The van der Waals surface area contributed by atoms with Crippen LogP contribution in [-0.2, 0) is 10.0 Å². The van der Waals surface area contributed by atoms with E-state index in [4.69, 9.17) is 10.2 Å². The molecule has 8 nitrogen and oxygen atoms in total. The van der Waals surface area contributed by atoms with Crippen LogP contribution in [0.25, 0.3) is 0 Å². The lowest BCUT2D eigenvalue weighted by Crippen LogP contribution is -2.14. The second-order valence-corrected chi connectivity index (χ2v) is 8.22. The van der Waals surface area contributed by atoms with Crippen LogP contribution in [0.1, 0.15) is 27.6 Å². The van der Waals surface area contributed by atoms with Crippen LogP contribution < -0.4 is 4.72 Å². The molecule has 0 bridgehead atoms. The topological polar surface area (TPSA) is 133 Å². The molecule has 0 aliphatic carbocycles. The van der Waals surface area contributed by atoms with E-state index in [2.05, 4.69) is 16.4 Å². The van der Waals surface area contributed by atoms with Gasteiger partial charge in [0.2, 0.25) is 0 Å². The van der Waals surface area contributed by atoms with Gasteiger partial charge >= 0.3 is 11.9 Å². The summed E-state index contributed by atoms with van der Waals surface area (Å²) in [5.74, 6) is -2.05. The smallest absolute Gasteiger partial charge is 0.335 e. The summed E-state index contributed by atoms with van der Waals surface area (Å²) >= 11 is 1.39. The number of rotatable bonds is 8. The third-order valence-electron chi connectivity index (χ3n) is 3.39. The highest BCUT2D eigenvalue weighted by atomic mass is 32.2. The van der Waals surface area contributed by atoms with Gasteiger partial charge in [0.1, 0.15) is 0 Å². The van der Waals surface area contributed by atoms with Crippen LogP contribution in [0.5, 0.6) is 0 Å². The highest BCUT2D eigenvalue weighted by molar-refractivity contribution is 7.99. The number of carboxylic acid groups (broad SMARTS) is 2. The molecule has 3 N–H and O–H groups in total. The summed E-state index contributed by atoms with van der Waals surface area (Å²) in [6, 6.07) is 7.32. The van der Waals surface area contributed by atoms with Gasteiger partial charge in [-0.3, -0.25) is 9.71 Å². The van der Waals surface area contributed by atoms with Crippen molar-refractivity contribution in [2.24, 2.45) is 4.99 Å². The molecule has 0 amide bonds. The van der Waals surface area contributed by atoms with Crippen LogP contribution in [-0.4, -0.2) is 43.0 Å². The Kier molecular flexibility index (Phi) is 6.24. The SMILES string of the molecule is C=Nc1ccc(S(=O)(=O)Nc2cc(C(=O)O)cc(C(=O)O)c2)cc1SCC. The molecule has 2 aromatic carbocycles. The summed E-state index contributed by atoms with van der Waals surface area (Å²) in [4.78, 5) is 26.7. The van der Waals surface area contributed by atoms with Gasteiger partial charge in [-0.2, -0.15) is 0 Å². The molecule has 0 radical (unpaired) electrons. The van der Waals surface area contributed by atoms with E-state index >= 15 is 0 Å². The quantitative estimate of drug-likeness (QED) is 0.451. The highest BCUT2D eigenvalue weighted by Crippen LogP contribution is 2.32. The first-order valence-electron chi connectivity index (χ1n) is 7.56. The maximum Gasteiger partial charge on any atom is 0.335 e. The molecule has 142 valence electrons. The van der Waals surface area contributed by atoms with Gasteiger partial charge in [0, 0.05) is 4.90 Å². The van der Waals surface area contributed by atoms with E-state index in [1.807, 2.05) is 6.92 Å². The Morgan fingerprint density at radius 1 is 1.11 bits per heavy atom. The molecule has 0 atom stereocenters. The maximum atomic E-state index is 12.7.